The Bertz CT molecular complexity index is 3330. The molecule has 1 N–H and O–H groups in total. The highest BCUT2D eigenvalue weighted by Gasteiger charge is 2.48. The molecule has 2 nitrogen and oxygen atoms in total. The van der Waals surface area contributed by atoms with Gasteiger partial charge in [0, 0.05) is 10.1 Å². The number of hydrogen-bond donors (Lipinski definition) is 1. The number of hydrogen-bond acceptors (Lipinski definition) is 3. The van der Waals surface area contributed by atoms with Gasteiger partial charge in [-0.05, 0) is 95.7 Å². The first kappa shape index (κ1) is 34.7. The molecule has 2 heterocycles. The van der Waals surface area contributed by atoms with Gasteiger partial charge in [0.1, 0.15) is 6.17 Å². The van der Waals surface area contributed by atoms with Crippen molar-refractivity contribution in [3.05, 3.63) is 262 Å². The molecule has 0 saturated heterocycles. The molecule has 12 rings (SSSR count). The van der Waals surface area contributed by atoms with E-state index in [-0.39, 0.29) is 6.17 Å². The van der Waals surface area contributed by atoms with Gasteiger partial charge < -0.3 is 5.32 Å². The molecule has 9 aromatic carbocycles. The van der Waals surface area contributed by atoms with Crippen LogP contribution in [-0.2, 0) is 5.41 Å². The lowest BCUT2D eigenvalue weighted by molar-refractivity contribution is 0.639. The van der Waals surface area contributed by atoms with Crippen molar-refractivity contribution in [1.29, 1.82) is 0 Å². The number of fused-ring (bicyclic) bond motifs is 8. The molecule has 0 radical (unpaired) electrons. The number of thiophene rings is 1. The zero-order valence-electron chi connectivity index (χ0n) is 32.7. The normalized spacial score (nSPS) is 14.9. The van der Waals surface area contributed by atoms with Crippen molar-refractivity contribution in [3.63, 3.8) is 0 Å². The Morgan fingerprint density at radius 3 is 1.75 bits per heavy atom. The maximum atomic E-state index is 5.37. The van der Waals surface area contributed by atoms with Crippen molar-refractivity contribution in [2.75, 3.05) is 0 Å². The fourth-order valence-electron chi connectivity index (χ4n) is 9.92. The van der Waals surface area contributed by atoms with E-state index in [2.05, 4.69) is 224 Å². The van der Waals surface area contributed by atoms with Crippen molar-refractivity contribution >= 4 is 37.9 Å². The molecule has 3 heteroatoms. The third-order valence-corrected chi connectivity index (χ3v) is 13.8. The van der Waals surface area contributed by atoms with E-state index in [4.69, 9.17) is 4.99 Å². The van der Waals surface area contributed by atoms with Crippen molar-refractivity contribution < 1.29 is 0 Å². The maximum absolute atomic E-state index is 5.37. The van der Waals surface area contributed by atoms with E-state index in [0.717, 1.165) is 16.6 Å². The molecule has 1 unspecified atom stereocenters. The van der Waals surface area contributed by atoms with Gasteiger partial charge in [0.2, 0.25) is 0 Å². The summed E-state index contributed by atoms with van der Waals surface area (Å²) in [6, 6.07) is 80.1. The smallest absolute Gasteiger partial charge is 0.145 e. The minimum Gasteiger partial charge on any atom is -0.358 e. The third-order valence-electron chi connectivity index (χ3n) is 12.6. The van der Waals surface area contributed by atoms with Gasteiger partial charge in [-0.1, -0.05) is 200 Å². The molecule has 282 valence electrons. The van der Waals surface area contributed by atoms with E-state index in [1.165, 1.54) is 86.6 Å². The summed E-state index contributed by atoms with van der Waals surface area (Å²) in [5, 5.41) is 8.64. The second kappa shape index (κ2) is 13.9. The molecule has 0 fully saturated rings. The molecule has 1 aromatic heterocycles. The minimum absolute atomic E-state index is 0.220. The second-order valence-electron chi connectivity index (χ2n) is 15.8. The Morgan fingerprint density at radius 2 is 1.05 bits per heavy atom. The Hall–Kier alpha value is -7.33. The molecule has 2 aliphatic rings. The first-order chi connectivity index (χ1) is 29.8. The van der Waals surface area contributed by atoms with E-state index in [9.17, 15) is 0 Å². The molecule has 1 aliphatic carbocycles. The van der Waals surface area contributed by atoms with Crippen molar-refractivity contribution in [2.24, 2.45) is 4.99 Å². The molecule has 0 saturated carbocycles. The van der Waals surface area contributed by atoms with Crippen LogP contribution in [-0.4, -0.2) is 0 Å². The third kappa shape index (κ3) is 5.29. The molecular weight excluding hydrogens is 745 g/mol. The van der Waals surface area contributed by atoms with Crippen molar-refractivity contribution in [3.8, 4) is 33.4 Å². The predicted octanol–water partition coefficient (Wildman–Crippen LogP) is 12.8. The topological polar surface area (TPSA) is 24.4 Å². The number of rotatable bonds is 6. The first-order valence-corrected chi connectivity index (χ1v) is 21.5. The van der Waals surface area contributed by atoms with E-state index < -0.39 is 5.41 Å². The predicted molar refractivity (Wildman–Crippen MR) is 250 cm³/mol. The Labute approximate surface area is 353 Å². The first-order valence-electron chi connectivity index (χ1n) is 20.7. The van der Waals surface area contributed by atoms with Gasteiger partial charge in [0.25, 0.3) is 0 Å². The monoisotopic (exact) mass is 782 g/mol. The second-order valence-corrected chi connectivity index (χ2v) is 16.9. The van der Waals surface area contributed by atoms with Gasteiger partial charge in [-0.15, -0.1) is 11.3 Å². The lowest BCUT2D eigenvalue weighted by Gasteiger charge is -2.35. The highest BCUT2D eigenvalue weighted by Crippen LogP contribution is 2.61. The zero-order valence-corrected chi connectivity index (χ0v) is 33.5. The largest absolute Gasteiger partial charge is 0.358 e. The minimum atomic E-state index is -0.566. The fraction of sp³-hybridized carbons (Fsp3) is 0.0351. The summed E-state index contributed by atoms with van der Waals surface area (Å²) in [5.74, 6) is 0. The molecule has 10 aromatic rings. The van der Waals surface area contributed by atoms with Crippen LogP contribution in [0.5, 0.6) is 0 Å². The Morgan fingerprint density at radius 1 is 0.467 bits per heavy atom. The average Bonchev–Trinajstić information content (AvgIpc) is 3.86. The van der Waals surface area contributed by atoms with Crippen LogP contribution in [0.3, 0.4) is 0 Å². The number of nitrogens with zero attached hydrogens (tertiary/aromatic N) is 1. The van der Waals surface area contributed by atoms with Crippen LogP contribution in [0.4, 0.5) is 0 Å². The lowest BCUT2D eigenvalue weighted by Crippen LogP contribution is -2.37. The molecule has 0 amide bonds. The quantitative estimate of drug-likeness (QED) is 0.178. The van der Waals surface area contributed by atoms with Crippen LogP contribution in [0.1, 0.15) is 39.5 Å². The van der Waals surface area contributed by atoms with E-state index in [1.807, 2.05) is 11.3 Å². The van der Waals surface area contributed by atoms with Crippen molar-refractivity contribution in [2.45, 2.75) is 11.6 Å². The van der Waals surface area contributed by atoms with Gasteiger partial charge in [-0.3, -0.25) is 4.99 Å². The summed E-state index contributed by atoms with van der Waals surface area (Å²) >= 11 is 1.81. The molecule has 1 atom stereocenters. The van der Waals surface area contributed by atoms with Gasteiger partial charge >= 0.3 is 0 Å². The molecular formula is C57H38N2S. The highest BCUT2D eigenvalue weighted by molar-refractivity contribution is 7.17. The van der Waals surface area contributed by atoms with E-state index >= 15 is 0 Å². The van der Waals surface area contributed by atoms with Gasteiger partial charge in [-0.25, -0.2) is 0 Å². The summed E-state index contributed by atoms with van der Waals surface area (Å²) in [5.41, 5.74) is 15.4. The van der Waals surface area contributed by atoms with E-state index in [0.29, 0.717) is 0 Å². The maximum Gasteiger partial charge on any atom is 0.145 e. The summed E-state index contributed by atoms with van der Waals surface area (Å²) in [7, 11) is 0. The van der Waals surface area contributed by atoms with E-state index in [1.54, 1.807) is 0 Å². The number of nitrogens with one attached hydrogen (secondary N) is 1. The Balaban J connectivity index is 1.05. The van der Waals surface area contributed by atoms with Crippen LogP contribution in [0.15, 0.2) is 223 Å². The van der Waals surface area contributed by atoms with Crippen molar-refractivity contribution in [1.82, 2.24) is 5.32 Å². The van der Waals surface area contributed by atoms with Gasteiger partial charge in [-0.2, -0.15) is 0 Å². The summed E-state index contributed by atoms with van der Waals surface area (Å²) in [4.78, 5) is 5.37. The van der Waals surface area contributed by atoms with Gasteiger partial charge in [0.15, 0.2) is 0 Å². The van der Waals surface area contributed by atoms with Crippen LogP contribution < -0.4 is 15.2 Å². The van der Waals surface area contributed by atoms with Crippen LogP contribution in [0.2, 0.25) is 0 Å². The zero-order chi connectivity index (χ0) is 39.6. The average molecular weight is 783 g/mol. The molecule has 60 heavy (non-hydrogen) atoms. The fourth-order valence-corrected chi connectivity index (χ4v) is 11.1. The Kier molecular flexibility index (Phi) is 8.04. The summed E-state index contributed by atoms with van der Waals surface area (Å²) < 4.78 is 2.44. The SMILES string of the molecule is c1ccc(C2=c3sc4ccccc4c3=NC(c3ccc(-c4ccc5c(c4)C(c4ccccc4)(c4ccccc4)c4c-5c(-c5ccccc5)cc5ccccc45)cc3)N2)cc1. The lowest BCUT2D eigenvalue weighted by atomic mass is 9.66. The van der Waals surface area contributed by atoms with Crippen LogP contribution in [0, 0.1) is 0 Å². The molecule has 0 spiro atoms. The number of benzene rings is 9. The van der Waals surface area contributed by atoms with Gasteiger partial charge in [0.05, 0.1) is 21.0 Å². The summed E-state index contributed by atoms with van der Waals surface area (Å²) in [6.07, 6.45) is -0.220. The van der Waals surface area contributed by atoms with Crippen LogP contribution >= 0.6 is 11.3 Å². The molecule has 0 bridgehead atoms. The summed E-state index contributed by atoms with van der Waals surface area (Å²) in [6.45, 7) is 0. The molecule has 1 aliphatic heterocycles. The highest BCUT2D eigenvalue weighted by atomic mass is 32.1. The van der Waals surface area contributed by atoms with Crippen LogP contribution in [0.25, 0.3) is 59.9 Å². The standard InChI is InChI=1S/C57H38N2S/c1-5-17-38(18-6-1)48-35-42-21-13-14-26-45(42)52-51(48)46-34-33-41(36-49(46)57(52,43-22-9-3-10-23-43)44-24-11-4-12-25-44)37-29-31-40(32-30-37)56-58-53(39-19-7-2-8-20-39)55-54(59-56)47-27-15-16-28-50(47)60-55/h1-36,56,58H.